The van der Waals surface area contributed by atoms with Crippen LogP contribution in [0.15, 0.2) is 40.3 Å². The van der Waals surface area contributed by atoms with Gasteiger partial charge in [-0.1, -0.05) is 35.5 Å². The number of rotatable bonds is 2. The van der Waals surface area contributed by atoms with Crippen molar-refractivity contribution in [2.24, 2.45) is 12.2 Å². The number of hydrogen-bond donors (Lipinski definition) is 2. The van der Waals surface area contributed by atoms with Crippen LogP contribution in [0.25, 0.3) is 0 Å². The van der Waals surface area contributed by atoms with Crippen molar-refractivity contribution < 1.29 is 5.21 Å². The van der Waals surface area contributed by atoms with Crippen molar-refractivity contribution >= 4 is 5.71 Å². The van der Waals surface area contributed by atoms with E-state index in [1.165, 1.54) is 4.68 Å². The molecule has 0 saturated heterocycles. The average Bonchev–Trinajstić information content (AvgIpc) is 2.58. The van der Waals surface area contributed by atoms with E-state index in [1.54, 1.807) is 26.1 Å². The fourth-order valence-corrected chi connectivity index (χ4v) is 1.81. The van der Waals surface area contributed by atoms with E-state index < -0.39 is 0 Å². The third-order valence-electron chi connectivity index (χ3n) is 2.61. The summed E-state index contributed by atoms with van der Waals surface area (Å²) in [5.74, 6) is 0. The molecular weight excluding hydrogens is 218 g/mol. The van der Waals surface area contributed by atoms with Crippen LogP contribution in [-0.2, 0) is 7.05 Å². The quantitative estimate of drug-likeness (QED) is 0.464. The lowest BCUT2D eigenvalue weighted by molar-refractivity contribution is 0.319. The summed E-state index contributed by atoms with van der Waals surface area (Å²) >= 11 is 0. The molecule has 2 N–H and O–H groups in total. The van der Waals surface area contributed by atoms with Gasteiger partial charge in [-0.3, -0.25) is 14.6 Å². The van der Waals surface area contributed by atoms with E-state index in [0.29, 0.717) is 16.8 Å². The van der Waals surface area contributed by atoms with Gasteiger partial charge in [0.05, 0.1) is 5.56 Å². The Bertz CT molecular complexity index is 608. The summed E-state index contributed by atoms with van der Waals surface area (Å²) in [5, 5.41) is 15.2. The molecule has 0 fully saturated rings. The fraction of sp³-hybridized carbons (Fsp3) is 0.167. The summed E-state index contributed by atoms with van der Waals surface area (Å²) in [5.41, 5.74) is 1.84. The topological polar surface area (TPSA) is 70.4 Å². The van der Waals surface area contributed by atoms with Gasteiger partial charge in [0.25, 0.3) is 5.56 Å². The molecule has 2 aromatic rings. The molecule has 0 radical (unpaired) electrons. The van der Waals surface area contributed by atoms with Crippen molar-refractivity contribution in [1.82, 2.24) is 9.78 Å². The summed E-state index contributed by atoms with van der Waals surface area (Å²) in [7, 11) is 1.62. The lowest BCUT2D eigenvalue weighted by atomic mass is 10.0. The summed E-state index contributed by atoms with van der Waals surface area (Å²) in [6.45, 7) is 1.77. The molecule has 0 saturated carbocycles. The summed E-state index contributed by atoms with van der Waals surface area (Å²) in [6.07, 6.45) is 0. The number of H-pyrrole nitrogens is 1. The molecule has 17 heavy (non-hydrogen) atoms. The van der Waals surface area contributed by atoms with E-state index in [9.17, 15) is 4.79 Å². The molecule has 0 atom stereocenters. The number of aromatic amines is 1. The van der Waals surface area contributed by atoms with Crippen LogP contribution in [0.5, 0.6) is 0 Å². The van der Waals surface area contributed by atoms with Gasteiger partial charge < -0.3 is 5.21 Å². The first kappa shape index (κ1) is 11.2. The Morgan fingerprint density at radius 3 is 2.47 bits per heavy atom. The van der Waals surface area contributed by atoms with Crippen molar-refractivity contribution in [3.8, 4) is 0 Å². The zero-order valence-corrected chi connectivity index (χ0v) is 9.64. The highest BCUT2D eigenvalue weighted by atomic mass is 16.4. The molecule has 88 valence electrons. The summed E-state index contributed by atoms with van der Waals surface area (Å²) in [4.78, 5) is 11.9. The second kappa shape index (κ2) is 4.29. The zero-order chi connectivity index (χ0) is 12.4. The zero-order valence-electron chi connectivity index (χ0n) is 9.64. The predicted molar refractivity (Wildman–Crippen MR) is 64.6 cm³/mol. The maximum absolute atomic E-state index is 11.9. The molecular formula is C12H13N3O2. The summed E-state index contributed by atoms with van der Waals surface area (Å²) < 4.78 is 1.36. The van der Waals surface area contributed by atoms with E-state index in [1.807, 2.05) is 18.2 Å². The molecule has 5 heteroatoms. The highest BCUT2D eigenvalue weighted by molar-refractivity contribution is 6.13. The van der Waals surface area contributed by atoms with Gasteiger partial charge in [0, 0.05) is 18.3 Å². The van der Waals surface area contributed by atoms with E-state index in [-0.39, 0.29) is 11.3 Å². The first-order valence-electron chi connectivity index (χ1n) is 5.18. The molecule has 0 amide bonds. The Kier molecular flexibility index (Phi) is 2.82. The third kappa shape index (κ3) is 1.87. The molecule has 0 aliphatic rings. The SMILES string of the molecule is Cc1[nH]n(C)c(=O)c1/C(=N/O)c1ccccc1. The lowest BCUT2D eigenvalue weighted by Gasteiger charge is -2.01. The minimum atomic E-state index is -0.209. The lowest BCUT2D eigenvalue weighted by Crippen LogP contribution is -2.20. The third-order valence-corrected chi connectivity index (χ3v) is 2.61. The van der Waals surface area contributed by atoms with Crippen LogP contribution in [-0.4, -0.2) is 20.7 Å². The second-order valence-electron chi connectivity index (χ2n) is 3.79. The van der Waals surface area contributed by atoms with Gasteiger partial charge in [-0.15, -0.1) is 0 Å². The molecule has 1 aromatic carbocycles. The van der Waals surface area contributed by atoms with Gasteiger partial charge in [0.2, 0.25) is 0 Å². The Labute approximate surface area is 98.0 Å². The smallest absolute Gasteiger partial charge is 0.276 e. The van der Waals surface area contributed by atoms with Crippen LogP contribution >= 0.6 is 0 Å². The Morgan fingerprint density at radius 1 is 1.35 bits per heavy atom. The van der Waals surface area contributed by atoms with Gasteiger partial charge in [0.1, 0.15) is 5.71 Å². The number of aryl methyl sites for hydroxylation is 2. The Hall–Kier alpha value is -2.30. The van der Waals surface area contributed by atoms with Gasteiger partial charge in [-0.2, -0.15) is 0 Å². The van der Waals surface area contributed by atoms with Crippen LogP contribution in [0.2, 0.25) is 0 Å². The molecule has 0 bridgehead atoms. The normalized spacial score (nSPS) is 11.8. The number of hydrogen-bond acceptors (Lipinski definition) is 3. The minimum absolute atomic E-state index is 0.209. The van der Waals surface area contributed by atoms with Gasteiger partial charge in [-0.05, 0) is 6.92 Å². The maximum atomic E-state index is 11.9. The van der Waals surface area contributed by atoms with Crippen molar-refractivity contribution in [2.75, 3.05) is 0 Å². The molecule has 0 spiro atoms. The van der Waals surface area contributed by atoms with Crippen LogP contribution in [0, 0.1) is 6.92 Å². The van der Waals surface area contributed by atoms with Crippen molar-refractivity contribution in [2.45, 2.75) is 6.92 Å². The largest absolute Gasteiger partial charge is 0.410 e. The molecule has 0 unspecified atom stereocenters. The Morgan fingerprint density at radius 2 is 2.00 bits per heavy atom. The van der Waals surface area contributed by atoms with Crippen LogP contribution < -0.4 is 5.56 Å². The van der Waals surface area contributed by atoms with Gasteiger partial charge >= 0.3 is 0 Å². The van der Waals surface area contributed by atoms with Gasteiger partial charge in [0.15, 0.2) is 0 Å². The highest BCUT2D eigenvalue weighted by Gasteiger charge is 2.17. The van der Waals surface area contributed by atoms with Crippen LogP contribution in [0.3, 0.4) is 0 Å². The molecule has 2 rings (SSSR count). The number of nitrogens with zero attached hydrogens (tertiary/aromatic N) is 2. The van der Waals surface area contributed by atoms with Crippen molar-refractivity contribution in [3.63, 3.8) is 0 Å². The number of nitrogens with one attached hydrogen (secondary N) is 1. The number of oxime groups is 1. The van der Waals surface area contributed by atoms with Gasteiger partial charge in [-0.25, -0.2) is 0 Å². The van der Waals surface area contributed by atoms with Crippen molar-refractivity contribution in [1.29, 1.82) is 0 Å². The number of aromatic nitrogens is 2. The highest BCUT2D eigenvalue weighted by Crippen LogP contribution is 2.10. The second-order valence-corrected chi connectivity index (χ2v) is 3.79. The molecule has 0 aliphatic carbocycles. The van der Waals surface area contributed by atoms with Crippen molar-refractivity contribution in [3.05, 3.63) is 57.5 Å². The molecule has 1 aromatic heterocycles. The standard InChI is InChI=1S/C12H13N3O2/c1-8-10(12(16)15(2)13-8)11(14-17)9-6-4-3-5-7-9/h3-7,13,17H,1-2H3/b14-11+. The molecule has 1 heterocycles. The monoisotopic (exact) mass is 231 g/mol. The Balaban J connectivity index is 2.63. The maximum Gasteiger partial charge on any atom is 0.276 e. The molecule has 5 nitrogen and oxygen atoms in total. The predicted octanol–water partition coefficient (Wildman–Crippen LogP) is 1.25. The first-order chi connectivity index (χ1) is 8.15. The van der Waals surface area contributed by atoms with Crippen LogP contribution in [0.4, 0.5) is 0 Å². The number of benzene rings is 1. The van der Waals surface area contributed by atoms with E-state index in [0.717, 1.165) is 0 Å². The summed E-state index contributed by atoms with van der Waals surface area (Å²) in [6, 6.07) is 9.10. The van der Waals surface area contributed by atoms with Crippen LogP contribution in [0.1, 0.15) is 16.8 Å². The minimum Gasteiger partial charge on any atom is -0.410 e. The first-order valence-corrected chi connectivity index (χ1v) is 5.18. The van der Waals surface area contributed by atoms with E-state index in [4.69, 9.17) is 5.21 Å². The molecule has 0 aliphatic heterocycles. The van der Waals surface area contributed by atoms with E-state index in [2.05, 4.69) is 10.3 Å². The fourth-order valence-electron chi connectivity index (χ4n) is 1.81. The average molecular weight is 231 g/mol. The van der Waals surface area contributed by atoms with E-state index >= 15 is 0 Å².